The third-order valence-corrected chi connectivity index (χ3v) is 6.95. The first-order valence-electron chi connectivity index (χ1n) is 11.4. The summed E-state index contributed by atoms with van der Waals surface area (Å²) in [5.74, 6) is 1.57. The lowest BCUT2D eigenvalue weighted by Crippen LogP contribution is -2.47. The third kappa shape index (κ3) is 4.68. The second kappa shape index (κ2) is 8.78. The quantitative estimate of drug-likeness (QED) is 0.826. The van der Waals surface area contributed by atoms with Crippen molar-refractivity contribution >= 4 is 23.4 Å². The fourth-order valence-corrected chi connectivity index (χ4v) is 4.78. The molecule has 0 bridgehead atoms. The van der Waals surface area contributed by atoms with Gasteiger partial charge in [-0.05, 0) is 68.2 Å². The lowest BCUT2D eigenvalue weighted by molar-refractivity contribution is -0.138. The van der Waals surface area contributed by atoms with Crippen LogP contribution in [0.15, 0.2) is 24.3 Å². The maximum absolute atomic E-state index is 12.9. The molecular weight excluding hydrogens is 378 g/mol. The van der Waals surface area contributed by atoms with E-state index < -0.39 is 0 Å². The lowest BCUT2D eigenvalue weighted by Gasteiger charge is -2.37. The highest BCUT2D eigenvalue weighted by molar-refractivity contribution is 5.97. The fourth-order valence-electron chi connectivity index (χ4n) is 4.78. The van der Waals surface area contributed by atoms with E-state index in [0.29, 0.717) is 30.5 Å². The molecule has 3 aliphatic rings. The van der Waals surface area contributed by atoms with Crippen molar-refractivity contribution in [1.29, 1.82) is 0 Å². The van der Waals surface area contributed by atoms with Crippen LogP contribution in [0.25, 0.3) is 0 Å². The van der Waals surface area contributed by atoms with E-state index in [2.05, 4.69) is 19.2 Å². The number of nitrogens with zero attached hydrogens (tertiary/aromatic N) is 2. The fraction of sp³-hybridized carbons (Fsp3) is 0.625. The van der Waals surface area contributed by atoms with Gasteiger partial charge in [-0.1, -0.05) is 13.8 Å². The van der Waals surface area contributed by atoms with Gasteiger partial charge < -0.3 is 15.1 Å². The number of rotatable bonds is 4. The normalized spacial score (nSPS) is 26.9. The average molecular weight is 412 g/mol. The number of hydrogen-bond acceptors (Lipinski definition) is 3. The van der Waals surface area contributed by atoms with Crippen molar-refractivity contribution < 1.29 is 14.4 Å². The average Bonchev–Trinajstić information content (AvgIpc) is 3.50. The molecule has 6 heteroatoms. The monoisotopic (exact) mass is 411 g/mol. The van der Waals surface area contributed by atoms with Crippen LogP contribution >= 0.6 is 0 Å². The van der Waals surface area contributed by atoms with Gasteiger partial charge in [-0.25, -0.2) is 0 Å². The molecule has 2 saturated heterocycles. The van der Waals surface area contributed by atoms with Crippen LogP contribution < -0.4 is 5.32 Å². The molecule has 1 N–H and O–H groups in total. The van der Waals surface area contributed by atoms with Crippen LogP contribution in [-0.2, 0) is 9.59 Å². The highest BCUT2D eigenvalue weighted by atomic mass is 16.2. The number of carbonyl (C=O) groups excluding carboxylic acids is 3. The van der Waals surface area contributed by atoms with Crippen molar-refractivity contribution in [3.63, 3.8) is 0 Å². The number of carbonyl (C=O) groups is 3. The minimum atomic E-state index is 0.00110. The predicted octanol–water partition coefficient (Wildman–Crippen LogP) is 3.39. The summed E-state index contributed by atoms with van der Waals surface area (Å²) < 4.78 is 0. The summed E-state index contributed by atoms with van der Waals surface area (Å²) in [4.78, 5) is 41.6. The molecule has 1 aromatic carbocycles. The molecule has 1 aromatic rings. The zero-order valence-corrected chi connectivity index (χ0v) is 18.1. The van der Waals surface area contributed by atoms with Crippen LogP contribution in [0.1, 0.15) is 56.3 Å². The van der Waals surface area contributed by atoms with Crippen LogP contribution in [0.2, 0.25) is 0 Å². The second-order valence-corrected chi connectivity index (χ2v) is 9.48. The molecule has 0 spiro atoms. The molecule has 2 heterocycles. The van der Waals surface area contributed by atoms with Gasteiger partial charge in [0, 0.05) is 49.3 Å². The summed E-state index contributed by atoms with van der Waals surface area (Å²) in [6.07, 6.45) is 4.74. The van der Waals surface area contributed by atoms with Gasteiger partial charge in [-0.2, -0.15) is 0 Å². The maximum Gasteiger partial charge on any atom is 0.253 e. The van der Waals surface area contributed by atoms with Gasteiger partial charge in [-0.3, -0.25) is 14.4 Å². The molecule has 4 rings (SSSR count). The number of amides is 3. The van der Waals surface area contributed by atoms with E-state index >= 15 is 0 Å². The van der Waals surface area contributed by atoms with E-state index in [9.17, 15) is 14.4 Å². The number of piperidine rings is 2. The first-order valence-corrected chi connectivity index (χ1v) is 11.4. The van der Waals surface area contributed by atoms with E-state index in [1.54, 1.807) is 24.3 Å². The minimum absolute atomic E-state index is 0.00110. The summed E-state index contributed by atoms with van der Waals surface area (Å²) in [7, 11) is 0. The van der Waals surface area contributed by atoms with Gasteiger partial charge in [0.05, 0.1) is 0 Å². The van der Waals surface area contributed by atoms with E-state index in [1.807, 2.05) is 9.80 Å². The Bertz CT molecular complexity index is 798. The number of nitrogens with one attached hydrogen (secondary N) is 1. The molecule has 0 radical (unpaired) electrons. The summed E-state index contributed by atoms with van der Waals surface area (Å²) in [6.45, 7) is 7.29. The zero-order chi connectivity index (χ0) is 21.3. The second-order valence-electron chi connectivity index (χ2n) is 9.48. The number of likely N-dealkylation sites (tertiary alicyclic amines) is 2. The largest absolute Gasteiger partial charge is 0.342 e. The van der Waals surface area contributed by atoms with Crippen molar-refractivity contribution in [2.24, 2.45) is 23.7 Å². The Morgan fingerprint density at radius 2 is 1.60 bits per heavy atom. The molecule has 1 aliphatic carbocycles. The number of benzene rings is 1. The van der Waals surface area contributed by atoms with Crippen LogP contribution in [0.4, 0.5) is 5.69 Å². The van der Waals surface area contributed by atoms with Crippen LogP contribution in [0, 0.1) is 23.7 Å². The zero-order valence-electron chi connectivity index (χ0n) is 18.1. The highest BCUT2D eigenvalue weighted by Crippen LogP contribution is 2.38. The molecule has 30 heavy (non-hydrogen) atoms. The summed E-state index contributed by atoms with van der Waals surface area (Å²) >= 11 is 0. The van der Waals surface area contributed by atoms with Gasteiger partial charge in [-0.15, -0.1) is 0 Å². The Hall–Kier alpha value is -2.37. The van der Waals surface area contributed by atoms with Crippen molar-refractivity contribution in [2.45, 2.75) is 46.0 Å². The lowest BCUT2D eigenvalue weighted by atomic mass is 9.92. The van der Waals surface area contributed by atoms with Gasteiger partial charge in [0.2, 0.25) is 11.8 Å². The van der Waals surface area contributed by atoms with Crippen molar-refractivity contribution in [2.75, 3.05) is 31.5 Å². The molecule has 1 saturated carbocycles. The first kappa shape index (κ1) is 20.9. The Balaban J connectivity index is 1.27. The van der Waals surface area contributed by atoms with Crippen LogP contribution in [0.5, 0.6) is 0 Å². The SMILES string of the molecule is CC1CCCN(C(=O)C2CCN(C(=O)c3ccc(NC(=O)C4CC4C)cc3)CC2)C1. The first-order chi connectivity index (χ1) is 14.4. The van der Waals surface area contributed by atoms with Crippen LogP contribution in [-0.4, -0.2) is 53.7 Å². The molecule has 3 fully saturated rings. The Morgan fingerprint density at radius 3 is 2.20 bits per heavy atom. The summed E-state index contributed by atoms with van der Waals surface area (Å²) in [5.41, 5.74) is 1.36. The molecular formula is C24H33N3O3. The Morgan fingerprint density at radius 1 is 0.933 bits per heavy atom. The molecule has 3 atom stereocenters. The smallest absolute Gasteiger partial charge is 0.253 e. The summed E-state index contributed by atoms with van der Waals surface area (Å²) in [6, 6.07) is 7.15. The highest BCUT2D eigenvalue weighted by Gasteiger charge is 2.39. The number of anilines is 1. The van der Waals surface area contributed by atoms with Gasteiger partial charge >= 0.3 is 0 Å². The Labute approximate surface area is 179 Å². The molecule has 162 valence electrons. The van der Waals surface area contributed by atoms with E-state index in [4.69, 9.17) is 0 Å². The third-order valence-electron chi connectivity index (χ3n) is 6.95. The predicted molar refractivity (Wildman–Crippen MR) is 116 cm³/mol. The van der Waals surface area contributed by atoms with Crippen molar-refractivity contribution in [1.82, 2.24) is 9.80 Å². The molecule has 3 unspecified atom stereocenters. The van der Waals surface area contributed by atoms with Gasteiger partial charge in [0.25, 0.3) is 5.91 Å². The standard InChI is InChI=1S/C24H33N3O3/c1-16-4-3-11-27(15-16)24(30)19-9-12-26(13-10-19)23(29)18-5-7-20(8-6-18)25-22(28)21-14-17(21)2/h5-8,16-17,19,21H,3-4,9-15H2,1-2H3,(H,25,28). The van der Waals surface area contributed by atoms with Crippen molar-refractivity contribution in [3.8, 4) is 0 Å². The van der Waals surface area contributed by atoms with E-state index in [1.165, 1.54) is 6.42 Å². The van der Waals surface area contributed by atoms with Crippen molar-refractivity contribution in [3.05, 3.63) is 29.8 Å². The van der Waals surface area contributed by atoms with Gasteiger partial charge in [0.15, 0.2) is 0 Å². The summed E-state index contributed by atoms with van der Waals surface area (Å²) in [5, 5.41) is 2.93. The van der Waals surface area contributed by atoms with E-state index in [0.717, 1.165) is 44.5 Å². The van der Waals surface area contributed by atoms with Crippen LogP contribution in [0.3, 0.4) is 0 Å². The van der Waals surface area contributed by atoms with E-state index in [-0.39, 0.29) is 29.6 Å². The minimum Gasteiger partial charge on any atom is -0.342 e. The number of hydrogen-bond donors (Lipinski definition) is 1. The molecule has 6 nitrogen and oxygen atoms in total. The Kier molecular flexibility index (Phi) is 6.11. The maximum atomic E-state index is 12.9. The molecule has 2 aliphatic heterocycles. The van der Waals surface area contributed by atoms with Gasteiger partial charge in [0.1, 0.15) is 0 Å². The topological polar surface area (TPSA) is 69.7 Å². The molecule has 3 amide bonds. The molecule has 0 aromatic heterocycles.